The van der Waals surface area contributed by atoms with E-state index in [0.717, 1.165) is 38.3 Å². The molecular formula is C65H101Cl3N2O16. The van der Waals surface area contributed by atoms with Crippen molar-refractivity contribution in [1.82, 2.24) is 10.2 Å². The number of hydrogen-bond acceptors (Lipinski definition) is 16. The Hall–Kier alpha value is -5.95. The first-order chi connectivity index (χ1) is 38.6. The summed E-state index contributed by atoms with van der Waals surface area (Å²) in [4.78, 5) is 94.9. The summed E-state index contributed by atoms with van der Waals surface area (Å²) in [6.45, 7) is 40.4. The number of nitrogens with one attached hydrogen (secondary N) is 1. The molecule has 4 unspecified atom stereocenters. The first-order valence-corrected chi connectivity index (χ1v) is 29.2. The van der Waals surface area contributed by atoms with E-state index in [1.807, 2.05) is 110 Å². The molecule has 0 heterocycles. The predicted molar refractivity (Wildman–Crippen MR) is 342 cm³/mol. The molecule has 0 radical (unpaired) electrons. The number of rotatable bonds is 21. The van der Waals surface area contributed by atoms with Gasteiger partial charge < -0.3 is 43.6 Å². The summed E-state index contributed by atoms with van der Waals surface area (Å²) in [7, 11) is 3.05. The molecule has 0 spiro atoms. The summed E-state index contributed by atoms with van der Waals surface area (Å²) >= 11 is 5.49. The Balaban J connectivity index is -0.00000110. The van der Waals surface area contributed by atoms with Crippen LogP contribution < -0.4 is 19.5 Å². The lowest BCUT2D eigenvalue weighted by Crippen LogP contribution is -2.43. The molecule has 0 bridgehead atoms. The lowest BCUT2D eigenvalue weighted by Gasteiger charge is -2.26. The lowest BCUT2D eigenvalue weighted by atomic mass is 9.94. The van der Waals surface area contributed by atoms with Gasteiger partial charge in [-0.3, -0.25) is 24.1 Å². The molecule has 2 N–H and O–H groups in total. The summed E-state index contributed by atoms with van der Waals surface area (Å²) < 4.78 is 36.9. The van der Waals surface area contributed by atoms with Gasteiger partial charge in [0.1, 0.15) is 46.4 Å². The van der Waals surface area contributed by atoms with Crippen LogP contribution in [0.1, 0.15) is 221 Å². The smallest absolute Gasteiger partial charge is 0.410 e. The van der Waals surface area contributed by atoms with Crippen LogP contribution >= 0.6 is 36.4 Å². The monoisotopic (exact) mass is 1270 g/mol. The van der Waals surface area contributed by atoms with Crippen LogP contribution in [0.15, 0.2) is 54.6 Å². The molecule has 18 nitrogen and oxygen atoms in total. The number of hydrogen-bond donors (Lipinski definition) is 2. The molecule has 3 rings (SSSR count). The van der Waals surface area contributed by atoms with Crippen LogP contribution in [0.4, 0.5) is 4.79 Å². The molecule has 0 aromatic heterocycles. The van der Waals surface area contributed by atoms with Gasteiger partial charge in [0.05, 0.1) is 11.8 Å². The second-order valence-electron chi connectivity index (χ2n) is 24.2. The van der Waals surface area contributed by atoms with E-state index in [9.17, 15) is 38.4 Å². The molecule has 3 aromatic carbocycles. The third-order valence-electron chi connectivity index (χ3n) is 12.7. The van der Waals surface area contributed by atoms with Crippen molar-refractivity contribution in [1.29, 1.82) is 0 Å². The molecule has 0 fully saturated rings. The maximum absolute atomic E-state index is 12.4. The zero-order valence-corrected chi connectivity index (χ0v) is 57.7. The van der Waals surface area contributed by atoms with E-state index in [-0.39, 0.29) is 54.4 Å². The summed E-state index contributed by atoms with van der Waals surface area (Å²) in [5, 5.41) is 11.4. The normalized spacial score (nSPS) is 12.4. The number of para-hydroxylation sites is 3. The number of benzene rings is 3. The first-order valence-electron chi connectivity index (χ1n) is 28.6. The average Bonchev–Trinajstić information content (AvgIpc) is 1.78. The summed E-state index contributed by atoms with van der Waals surface area (Å²) in [6.07, 6.45) is -0.632. The van der Waals surface area contributed by atoms with Crippen LogP contribution in [0.5, 0.6) is 17.2 Å². The molecule has 4 atom stereocenters. The van der Waals surface area contributed by atoms with E-state index in [4.69, 9.17) is 49.9 Å². The minimum Gasteiger partial charge on any atom is -0.480 e. The quantitative estimate of drug-likeness (QED) is 0.0436. The fraction of sp³-hybridized carbons (Fsp3) is 0.600. The molecule has 488 valence electrons. The third-order valence-corrected chi connectivity index (χ3v) is 12.9. The predicted octanol–water partition coefficient (Wildman–Crippen LogP) is 14.2. The Kier molecular flexibility index (Phi) is 39.0. The number of amides is 1. The number of aliphatic carboxylic acids is 1. The van der Waals surface area contributed by atoms with Gasteiger partial charge in [0.2, 0.25) is 0 Å². The topological polar surface area (TPSA) is 237 Å². The zero-order valence-electron chi connectivity index (χ0n) is 55.3. The highest BCUT2D eigenvalue weighted by Crippen LogP contribution is 2.37. The number of likely N-dealkylation sites (N-methyl/N-ethyl adjacent to an activating group) is 2. The molecular weight excluding hydrogens is 1170 g/mol. The van der Waals surface area contributed by atoms with Gasteiger partial charge in [-0.15, -0.1) is 36.4 Å². The number of ether oxygens (including phenoxy) is 7. The van der Waals surface area contributed by atoms with Crippen molar-refractivity contribution in [3.05, 3.63) is 88.0 Å². The number of alkyl halides is 1. The number of carboxylic acids is 1. The van der Waals surface area contributed by atoms with E-state index in [1.54, 1.807) is 69.4 Å². The fourth-order valence-electron chi connectivity index (χ4n) is 7.32. The van der Waals surface area contributed by atoms with Gasteiger partial charge in [-0.2, -0.15) is 0 Å². The second kappa shape index (κ2) is 39.8. The van der Waals surface area contributed by atoms with Crippen molar-refractivity contribution in [3.8, 4) is 17.2 Å². The van der Waals surface area contributed by atoms with E-state index in [0.29, 0.717) is 29.1 Å². The van der Waals surface area contributed by atoms with Gasteiger partial charge in [0, 0.05) is 7.05 Å². The Labute approximate surface area is 530 Å². The summed E-state index contributed by atoms with van der Waals surface area (Å²) in [6, 6.07) is 16.3. The Morgan fingerprint density at radius 1 is 0.477 bits per heavy atom. The second-order valence-corrected chi connectivity index (χ2v) is 24.5. The number of carbonyl (C=O) groups is 8. The molecule has 0 aliphatic carbocycles. The number of carboxylic acid groups (broad SMARTS) is 1. The van der Waals surface area contributed by atoms with E-state index in [1.165, 1.54) is 14.0 Å². The van der Waals surface area contributed by atoms with Crippen molar-refractivity contribution in [2.45, 2.75) is 211 Å². The average molecular weight is 1270 g/mol. The van der Waals surface area contributed by atoms with E-state index in [2.05, 4.69) is 33.0 Å². The minimum atomic E-state index is -1.06. The van der Waals surface area contributed by atoms with Crippen LogP contribution in [-0.4, -0.2) is 114 Å². The van der Waals surface area contributed by atoms with Crippen molar-refractivity contribution in [2.24, 2.45) is 11.8 Å². The molecule has 0 aliphatic heterocycles. The van der Waals surface area contributed by atoms with Crippen LogP contribution in [-0.2, 0) is 52.5 Å². The lowest BCUT2D eigenvalue weighted by molar-refractivity contribution is -0.168. The van der Waals surface area contributed by atoms with Crippen LogP contribution in [0, 0.1) is 11.8 Å². The van der Waals surface area contributed by atoms with Crippen LogP contribution in [0.25, 0.3) is 0 Å². The van der Waals surface area contributed by atoms with E-state index >= 15 is 0 Å². The molecule has 21 heteroatoms. The Morgan fingerprint density at radius 3 is 1.01 bits per heavy atom. The molecule has 0 saturated carbocycles. The van der Waals surface area contributed by atoms with Crippen LogP contribution in [0.3, 0.4) is 0 Å². The van der Waals surface area contributed by atoms with Crippen LogP contribution in [0.2, 0.25) is 0 Å². The van der Waals surface area contributed by atoms with Gasteiger partial charge in [-0.25, -0.2) is 19.2 Å². The number of nitrogens with zero attached hydrogens (tertiary/aromatic N) is 1. The number of halogens is 3. The highest BCUT2D eigenvalue weighted by Gasteiger charge is 2.32. The largest absolute Gasteiger partial charge is 0.480 e. The van der Waals surface area contributed by atoms with Crippen molar-refractivity contribution in [2.75, 3.05) is 33.2 Å². The zero-order chi connectivity index (χ0) is 65.3. The minimum absolute atomic E-state index is 0. The number of esters is 6. The van der Waals surface area contributed by atoms with Gasteiger partial charge in [-0.1, -0.05) is 152 Å². The van der Waals surface area contributed by atoms with Gasteiger partial charge >= 0.3 is 47.9 Å². The maximum atomic E-state index is 12.4. The van der Waals surface area contributed by atoms with Crippen molar-refractivity contribution < 1.29 is 76.6 Å². The van der Waals surface area contributed by atoms with Gasteiger partial charge in [0.15, 0.2) is 13.2 Å². The SMILES string of the molecule is CC(C(=O)O)N(C)C(=O)OC(C)(C)C.CC(C)c1cccc(C(C)C)c1OC(=O)CCl.CC(C)c1cccc(C(C)C)c1OC(=O)COC(=O)C(C)C(C)C(=O)OC(C)(C)C.CNC(C)C(=O)OCC(=O)Oc1c(C(C)C)cccc1C(C)C.Cl.Cl. The van der Waals surface area contributed by atoms with Crippen molar-refractivity contribution in [3.63, 3.8) is 0 Å². The molecule has 0 aliphatic rings. The maximum Gasteiger partial charge on any atom is 0.410 e. The Bertz CT molecular complexity index is 2560. The fourth-order valence-corrected chi connectivity index (χ4v) is 7.38. The summed E-state index contributed by atoms with van der Waals surface area (Å²) in [5.41, 5.74) is 4.64. The molecule has 3 aromatic rings. The number of carbonyl (C=O) groups excluding carboxylic acids is 7. The van der Waals surface area contributed by atoms with Crippen molar-refractivity contribution >= 4 is 84.3 Å². The van der Waals surface area contributed by atoms with E-state index < -0.39 is 96.2 Å². The highest BCUT2D eigenvalue weighted by atomic mass is 35.5. The highest BCUT2D eigenvalue weighted by molar-refractivity contribution is 6.26. The van der Waals surface area contributed by atoms with Gasteiger partial charge in [-0.05, 0) is 131 Å². The standard InChI is InChI=1S/C24H36O6.C18H27NO4.C14H19ClO2.C9H17NO4.2ClH/c1-14(2)18-11-10-12-19(15(3)4)21(18)29-20(25)13-28-22(26)16(5)17(6)23(27)30-24(7,8)9;1-11(2)14-8-7-9-15(12(3)4)17(14)23-16(20)10-22-18(21)13(5)19-6;1-9(2)11-6-5-7-12(10(3)4)14(11)17-13(16)8-15;1-6(7(11)12)10(5)8(13)14-9(2,3)4;;/h10-12,14-17H,13H2,1-9H3;7-9,11-13,19H,10H2,1-6H3;5-7,9-10H,8H2,1-4H3;6H,1-5H3,(H,11,12);2*1H. The molecule has 86 heavy (non-hydrogen) atoms. The van der Waals surface area contributed by atoms with Gasteiger partial charge in [0.25, 0.3) is 0 Å². The molecule has 0 saturated heterocycles. The molecule has 1 amide bonds. The third kappa shape index (κ3) is 30.1. The first kappa shape index (κ1) is 84.3. The summed E-state index contributed by atoms with van der Waals surface area (Å²) in [5.74, 6) is -2.65. The Morgan fingerprint density at radius 2 is 0.756 bits per heavy atom.